The van der Waals surface area contributed by atoms with E-state index in [1.165, 1.54) is 16.7 Å². The second-order valence-electron chi connectivity index (χ2n) is 9.98. The fraction of sp³-hybridized carbons (Fsp3) is 0.379. The van der Waals surface area contributed by atoms with Crippen LogP contribution in [0.3, 0.4) is 0 Å². The summed E-state index contributed by atoms with van der Waals surface area (Å²) in [7, 11) is 0. The van der Waals surface area contributed by atoms with Crippen molar-refractivity contribution in [3.63, 3.8) is 0 Å². The van der Waals surface area contributed by atoms with Gasteiger partial charge in [-0.1, -0.05) is 47.5 Å². The first kappa shape index (κ1) is 24.0. The second kappa shape index (κ2) is 10.1. The molecule has 0 saturated carbocycles. The molecule has 1 fully saturated rings. The SMILES string of the molecule is Cc1ccc(CCNC(=O)[C@H]2CCCN(c3nnc(C)c4c(C)n(-c5ccc(C)cc5)nc34)C2)cc1. The molecule has 2 aromatic carbocycles. The van der Waals surface area contributed by atoms with Crippen LogP contribution in [0.4, 0.5) is 5.82 Å². The number of fused-ring (bicyclic) bond motifs is 1. The van der Waals surface area contributed by atoms with Gasteiger partial charge in [-0.25, -0.2) is 4.68 Å². The smallest absolute Gasteiger partial charge is 0.224 e. The molecule has 1 N–H and O–H groups in total. The highest BCUT2D eigenvalue weighted by atomic mass is 16.1. The van der Waals surface area contributed by atoms with Gasteiger partial charge in [-0.2, -0.15) is 10.2 Å². The maximum atomic E-state index is 13.0. The zero-order valence-corrected chi connectivity index (χ0v) is 21.6. The van der Waals surface area contributed by atoms with Gasteiger partial charge in [-0.3, -0.25) is 4.79 Å². The average molecular weight is 483 g/mol. The molecular formula is C29H34N6O. The largest absolute Gasteiger partial charge is 0.355 e. The Morgan fingerprint density at radius 2 is 1.67 bits per heavy atom. The Morgan fingerprint density at radius 1 is 0.972 bits per heavy atom. The first-order chi connectivity index (χ1) is 17.4. The van der Waals surface area contributed by atoms with Gasteiger partial charge in [0.1, 0.15) is 5.52 Å². The van der Waals surface area contributed by atoms with Gasteiger partial charge in [0, 0.05) is 19.6 Å². The van der Waals surface area contributed by atoms with Gasteiger partial charge in [0.2, 0.25) is 5.91 Å². The molecule has 7 heteroatoms. The van der Waals surface area contributed by atoms with E-state index in [-0.39, 0.29) is 11.8 Å². The average Bonchev–Trinajstić information content (AvgIpc) is 3.24. The number of nitrogens with one attached hydrogen (secondary N) is 1. The second-order valence-corrected chi connectivity index (χ2v) is 9.98. The van der Waals surface area contributed by atoms with E-state index in [9.17, 15) is 4.79 Å². The van der Waals surface area contributed by atoms with Gasteiger partial charge in [0.05, 0.1) is 28.4 Å². The van der Waals surface area contributed by atoms with Crippen LogP contribution in [0.5, 0.6) is 0 Å². The first-order valence-electron chi connectivity index (χ1n) is 12.8. The van der Waals surface area contributed by atoms with E-state index in [4.69, 9.17) is 5.10 Å². The molecule has 1 aliphatic rings. The third-order valence-electron chi connectivity index (χ3n) is 7.19. The molecule has 2 aromatic heterocycles. The van der Waals surface area contributed by atoms with Crippen molar-refractivity contribution in [1.82, 2.24) is 25.3 Å². The summed E-state index contributed by atoms with van der Waals surface area (Å²) in [5.74, 6) is 0.807. The Hall–Kier alpha value is -3.74. The van der Waals surface area contributed by atoms with E-state index in [2.05, 4.69) is 89.7 Å². The van der Waals surface area contributed by atoms with Crippen molar-refractivity contribution in [2.24, 2.45) is 5.92 Å². The van der Waals surface area contributed by atoms with Crippen LogP contribution in [0.15, 0.2) is 48.5 Å². The highest BCUT2D eigenvalue weighted by Gasteiger charge is 2.29. The lowest BCUT2D eigenvalue weighted by Crippen LogP contribution is -2.44. The van der Waals surface area contributed by atoms with Crippen LogP contribution in [-0.4, -0.2) is 45.5 Å². The van der Waals surface area contributed by atoms with Crippen LogP contribution >= 0.6 is 0 Å². The Balaban J connectivity index is 1.33. The molecule has 0 spiro atoms. The molecule has 186 valence electrons. The fourth-order valence-electron chi connectivity index (χ4n) is 5.07. The van der Waals surface area contributed by atoms with Crippen molar-refractivity contribution < 1.29 is 4.79 Å². The van der Waals surface area contributed by atoms with Crippen LogP contribution in [0.1, 0.15) is 40.9 Å². The van der Waals surface area contributed by atoms with Crippen molar-refractivity contribution >= 4 is 22.6 Å². The Bertz CT molecular complexity index is 1370. The molecule has 7 nitrogen and oxygen atoms in total. The molecule has 0 radical (unpaired) electrons. The maximum absolute atomic E-state index is 13.0. The number of nitrogens with zero attached hydrogens (tertiary/aromatic N) is 5. The molecule has 5 rings (SSSR count). The number of amides is 1. The third kappa shape index (κ3) is 4.83. The van der Waals surface area contributed by atoms with Gasteiger partial charge in [-0.05, 0) is 64.7 Å². The Morgan fingerprint density at radius 3 is 2.39 bits per heavy atom. The van der Waals surface area contributed by atoms with E-state index in [1.54, 1.807) is 0 Å². The van der Waals surface area contributed by atoms with E-state index in [0.717, 1.165) is 59.6 Å². The molecular weight excluding hydrogens is 448 g/mol. The highest BCUT2D eigenvalue weighted by molar-refractivity contribution is 5.92. The monoisotopic (exact) mass is 482 g/mol. The normalized spacial score (nSPS) is 15.9. The lowest BCUT2D eigenvalue weighted by molar-refractivity contribution is -0.125. The molecule has 0 bridgehead atoms. The van der Waals surface area contributed by atoms with Crippen molar-refractivity contribution in [1.29, 1.82) is 0 Å². The van der Waals surface area contributed by atoms with E-state index < -0.39 is 0 Å². The number of hydrogen-bond donors (Lipinski definition) is 1. The summed E-state index contributed by atoms with van der Waals surface area (Å²) in [5.41, 5.74) is 7.48. The summed E-state index contributed by atoms with van der Waals surface area (Å²) >= 11 is 0. The summed E-state index contributed by atoms with van der Waals surface area (Å²) in [4.78, 5) is 15.2. The number of piperidine rings is 1. The molecule has 1 atom stereocenters. The predicted octanol–water partition coefficient (Wildman–Crippen LogP) is 4.62. The van der Waals surface area contributed by atoms with Crippen LogP contribution in [-0.2, 0) is 11.2 Å². The minimum absolute atomic E-state index is 0.0739. The lowest BCUT2D eigenvalue weighted by atomic mass is 9.97. The van der Waals surface area contributed by atoms with Gasteiger partial charge in [0.25, 0.3) is 0 Å². The Labute approximate surface area is 212 Å². The van der Waals surface area contributed by atoms with Crippen molar-refractivity contribution in [3.05, 3.63) is 76.6 Å². The summed E-state index contributed by atoms with van der Waals surface area (Å²) < 4.78 is 1.98. The zero-order chi connectivity index (χ0) is 25.2. The number of benzene rings is 2. The van der Waals surface area contributed by atoms with Crippen molar-refractivity contribution in [2.45, 2.75) is 47.0 Å². The molecule has 3 heterocycles. The number of carbonyl (C=O) groups excluding carboxylic acids is 1. The highest BCUT2D eigenvalue weighted by Crippen LogP contribution is 2.31. The van der Waals surface area contributed by atoms with E-state index >= 15 is 0 Å². The summed E-state index contributed by atoms with van der Waals surface area (Å²) in [5, 5.41) is 18.2. The number of anilines is 1. The number of hydrogen-bond acceptors (Lipinski definition) is 5. The third-order valence-corrected chi connectivity index (χ3v) is 7.19. The number of aryl methyl sites for hydroxylation is 4. The zero-order valence-electron chi connectivity index (χ0n) is 21.6. The van der Waals surface area contributed by atoms with Crippen molar-refractivity contribution in [2.75, 3.05) is 24.5 Å². The topological polar surface area (TPSA) is 75.9 Å². The number of carbonyl (C=O) groups is 1. The summed E-state index contributed by atoms with van der Waals surface area (Å²) in [6.45, 7) is 10.3. The molecule has 4 aromatic rings. The minimum atomic E-state index is -0.0739. The van der Waals surface area contributed by atoms with E-state index in [0.29, 0.717) is 13.1 Å². The van der Waals surface area contributed by atoms with Gasteiger partial charge >= 0.3 is 0 Å². The van der Waals surface area contributed by atoms with Gasteiger partial charge in [0.15, 0.2) is 5.82 Å². The maximum Gasteiger partial charge on any atom is 0.224 e. The van der Waals surface area contributed by atoms with E-state index in [1.807, 2.05) is 11.6 Å². The van der Waals surface area contributed by atoms with Crippen LogP contribution in [0, 0.1) is 33.6 Å². The quantitative estimate of drug-likeness (QED) is 0.434. The molecule has 1 amide bonds. The fourth-order valence-corrected chi connectivity index (χ4v) is 5.07. The Kier molecular flexibility index (Phi) is 6.72. The van der Waals surface area contributed by atoms with Crippen LogP contribution in [0.2, 0.25) is 0 Å². The number of rotatable bonds is 6. The predicted molar refractivity (Wildman–Crippen MR) is 144 cm³/mol. The standard InChI is InChI=1S/C29H34N6O/c1-19-7-11-23(12-8-19)15-16-30-29(36)24-6-5-17-34(18-24)28-27-26(21(3)31-32-28)22(4)35(33-27)25-13-9-20(2)10-14-25/h7-14,24H,5-6,15-18H2,1-4H3,(H,30,36)/t24-/m0/s1. The molecule has 36 heavy (non-hydrogen) atoms. The van der Waals surface area contributed by atoms with Crippen LogP contribution < -0.4 is 10.2 Å². The molecule has 1 aliphatic heterocycles. The molecule has 0 unspecified atom stereocenters. The molecule has 0 aliphatic carbocycles. The summed E-state index contributed by atoms with van der Waals surface area (Å²) in [6, 6.07) is 16.8. The van der Waals surface area contributed by atoms with Crippen LogP contribution in [0.25, 0.3) is 16.6 Å². The lowest BCUT2D eigenvalue weighted by Gasteiger charge is -2.32. The number of aromatic nitrogens is 4. The minimum Gasteiger partial charge on any atom is -0.355 e. The van der Waals surface area contributed by atoms with Gasteiger partial charge < -0.3 is 10.2 Å². The van der Waals surface area contributed by atoms with Crippen molar-refractivity contribution in [3.8, 4) is 5.69 Å². The first-order valence-corrected chi connectivity index (χ1v) is 12.8. The molecule has 1 saturated heterocycles. The summed E-state index contributed by atoms with van der Waals surface area (Å²) in [6.07, 6.45) is 2.65. The van der Waals surface area contributed by atoms with Gasteiger partial charge in [-0.15, -0.1) is 5.10 Å².